The molecule has 342 valence electrons. The summed E-state index contributed by atoms with van der Waals surface area (Å²) in [6.45, 7) is 25.9. The number of aromatic nitrogens is 2. The van der Waals surface area contributed by atoms with Crippen LogP contribution in [0.1, 0.15) is 122 Å². The van der Waals surface area contributed by atoms with E-state index in [-0.39, 0.29) is 66.4 Å². The zero-order chi connectivity index (χ0) is 49.0. The van der Waals surface area contributed by atoms with E-state index in [2.05, 4.69) is 144 Å². The fraction of sp³-hybridized carbons (Fsp3) is 0.279. The van der Waals surface area contributed by atoms with Crippen molar-refractivity contribution in [3.63, 3.8) is 0 Å². The van der Waals surface area contributed by atoms with E-state index in [0.717, 1.165) is 65.9 Å². The largest absolute Gasteiger partial charge is 0.417 e. The quantitative estimate of drug-likeness (QED) is 0.177. The van der Waals surface area contributed by atoms with Gasteiger partial charge in [-0.15, -0.1) is 0 Å². The summed E-state index contributed by atoms with van der Waals surface area (Å²) < 4.78 is 55.5. The number of nitriles is 2. The molecule has 0 aliphatic carbocycles. The van der Waals surface area contributed by atoms with Gasteiger partial charge in [0, 0.05) is 43.8 Å². The fourth-order valence-electron chi connectivity index (χ4n) is 9.87. The molecule has 0 atom stereocenters. The molecule has 9 rings (SSSR count). The molecule has 4 nitrogen and oxygen atoms in total. The van der Waals surface area contributed by atoms with Gasteiger partial charge in [-0.05, 0) is 111 Å². The summed E-state index contributed by atoms with van der Waals surface area (Å²) in [5.74, 6) is 0. The van der Waals surface area contributed by atoms with Crippen LogP contribution in [-0.4, -0.2) is 9.13 Å². The highest BCUT2D eigenvalue weighted by Gasteiger charge is 2.42. The van der Waals surface area contributed by atoms with Gasteiger partial charge in [0.25, 0.3) is 0 Å². The molecule has 0 aliphatic rings. The first-order valence-electron chi connectivity index (χ1n) is 23.3. The molecular weight excluding hydrogens is 846 g/mol. The molecular formula is C61H57F3N4. The molecule has 7 heteroatoms. The first-order chi connectivity index (χ1) is 31.8. The lowest BCUT2D eigenvalue weighted by molar-refractivity contribution is -0.136. The van der Waals surface area contributed by atoms with E-state index in [9.17, 15) is 10.5 Å². The predicted octanol–water partition coefficient (Wildman–Crippen LogP) is 17.2. The Kier molecular flexibility index (Phi) is 10.7. The van der Waals surface area contributed by atoms with E-state index in [1.165, 1.54) is 0 Å². The van der Waals surface area contributed by atoms with Gasteiger partial charge >= 0.3 is 6.18 Å². The zero-order valence-electron chi connectivity index (χ0n) is 41.0. The first kappa shape index (κ1) is 46.0. The Morgan fingerprint density at radius 2 is 0.662 bits per heavy atom. The van der Waals surface area contributed by atoms with Crippen molar-refractivity contribution in [3.05, 3.63) is 166 Å². The summed E-state index contributed by atoms with van der Waals surface area (Å²) in [6.07, 6.45) is -5.00. The van der Waals surface area contributed by atoms with Crippen LogP contribution in [0.5, 0.6) is 0 Å². The second-order valence-electron chi connectivity index (χ2n) is 22.5. The molecule has 0 bridgehead atoms. The molecule has 0 amide bonds. The molecule has 0 spiro atoms. The third-order valence-corrected chi connectivity index (χ3v) is 13.7. The van der Waals surface area contributed by atoms with E-state index < -0.39 is 11.7 Å². The van der Waals surface area contributed by atoms with Gasteiger partial charge in [0.05, 0.1) is 62.3 Å². The summed E-state index contributed by atoms with van der Waals surface area (Å²) in [7, 11) is 0. The molecule has 68 heavy (non-hydrogen) atoms. The van der Waals surface area contributed by atoms with Crippen molar-refractivity contribution in [2.24, 2.45) is 0 Å². The minimum Gasteiger partial charge on any atom is -0.309 e. The number of fused-ring (bicyclic) bond motifs is 6. The summed E-state index contributed by atoms with van der Waals surface area (Å²) in [5.41, 5.74) is 6.16. The Morgan fingerprint density at radius 1 is 0.382 bits per heavy atom. The zero-order valence-corrected chi connectivity index (χ0v) is 41.0. The van der Waals surface area contributed by atoms with Crippen LogP contribution < -0.4 is 0 Å². The summed E-state index contributed by atoms with van der Waals surface area (Å²) >= 11 is 0. The highest BCUT2D eigenvalue weighted by Crippen LogP contribution is 2.53. The highest BCUT2D eigenvalue weighted by atomic mass is 19.4. The molecule has 7 aromatic carbocycles. The van der Waals surface area contributed by atoms with Gasteiger partial charge < -0.3 is 9.13 Å². The lowest BCUT2D eigenvalue weighted by Crippen LogP contribution is -2.16. The van der Waals surface area contributed by atoms with E-state index >= 15 is 13.2 Å². The molecule has 0 fully saturated rings. The maximum absolute atomic E-state index is 17.2. The second kappa shape index (κ2) is 15.7. The number of benzene rings is 7. The van der Waals surface area contributed by atoms with Gasteiger partial charge in [0.15, 0.2) is 0 Å². The van der Waals surface area contributed by atoms with Crippen LogP contribution in [0.2, 0.25) is 0 Å². The number of alkyl halides is 3. The maximum Gasteiger partial charge on any atom is 0.417 e. The molecule has 2 heterocycles. The normalized spacial score (nSPS) is 12.9. The molecule has 0 saturated heterocycles. The molecule has 9 aromatic rings. The number of hydrogen-bond acceptors (Lipinski definition) is 2. The van der Waals surface area contributed by atoms with Crippen molar-refractivity contribution < 1.29 is 13.2 Å². The molecule has 0 radical (unpaired) electrons. The van der Waals surface area contributed by atoms with E-state index in [1.807, 2.05) is 39.5 Å². The summed E-state index contributed by atoms with van der Waals surface area (Å²) in [5, 5.41) is 25.1. The minimum absolute atomic E-state index is 0.0959. The smallest absolute Gasteiger partial charge is 0.309 e. The Hall–Kier alpha value is -7.09. The Bertz CT molecular complexity index is 3240. The summed E-state index contributed by atoms with van der Waals surface area (Å²) in [4.78, 5) is 0. The lowest BCUT2D eigenvalue weighted by Gasteiger charge is -2.27. The Morgan fingerprint density at radius 3 is 0.912 bits per heavy atom. The third-order valence-electron chi connectivity index (χ3n) is 13.7. The van der Waals surface area contributed by atoms with Crippen LogP contribution in [0.3, 0.4) is 0 Å². The van der Waals surface area contributed by atoms with Crippen molar-refractivity contribution in [1.82, 2.24) is 9.13 Å². The molecule has 2 aromatic heterocycles. The molecule has 0 N–H and O–H groups in total. The van der Waals surface area contributed by atoms with Crippen LogP contribution in [0.4, 0.5) is 13.2 Å². The fourth-order valence-corrected chi connectivity index (χ4v) is 9.87. The van der Waals surface area contributed by atoms with E-state index in [0.29, 0.717) is 0 Å². The van der Waals surface area contributed by atoms with Crippen LogP contribution in [-0.2, 0) is 27.8 Å². The monoisotopic (exact) mass is 902 g/mol. The van der Waals surface area contributed by atoms with Gasteiger partial charge in [-0.2, -0.15) is 23.7 Å². The lowest BCUT2D eigenvalue weighted by atomic mass is 9.85. The standard InChI is InChI=1S/C61H57F3N4/c1-57(2,3)38-21-25-48-44(29-38)45-30-39(58(4,5)6)22-26-49(45)67(48)52-33-53(68-50-27-23-40(59(7,8)9)31-46(50)47-32-41(60(10,11)12)24-28-51(47)68)55(43-20-16-14-18-37(43)35-66)56(61(62,63)64)54(52)42-19-15-13-17-36(42)34-65/h13-33H,1-12H3. The topological polar surface area (TPSA) is 57.4 Å². The highest BCUT2D eigenvalue weighted by molar-refractivity contribution is 6.13. The predicted molar refractivity (Wildman–Crippen MR) is 275 cm³/mol. The van der Waals surface area contributed by atoms with Gasteiger partial charge in [-0.3, -0.25) is 0 Å². The van der Waals surface area contributed by atoms with Crippen molar-refractivity contribution in [2.45, 2.75) is 111 Å². The molecule has 0 unspecified atom stereocenters. The molecule has 0 aliphatic heterocycles. The van der Waals surface area contributed by atoms with Crippen LogP contribution in [0.15, 0.2) is 127 Å². The van der Waals surface area contributed by atoms with Crippen molar-refractivity contribution >= 4 is 43.6 Å². The number of hydrogen-bond donors (Lipinski definition) is 0. The summed E-state index contributed by atoms with van der Waals surface area (Å²) in [6, 6.07) is 44.5. The van der Waals surface area contributed by atoms with Crippen LogP contribution in [0.25, 0.3) is 77.2 Å². The number of halogens is 3. The van der Waals surface area contributed by atoms with Gasteiger partial charge in [0.2, 0.25) is 0 Å². The first-order valence-corrected chi connectivity index (χ1v) is 23.3. The minimum atomic E-state index is -5.00. The Balaban J connectivity index is 1.60. The number of rotatable bonds is 4. The second-order valence-corrected chi connectivity index (χ2v) is 22.5. The molecule has 0 saturated carbocycles. The maximum atomic E-state index is 17.2. The van der Waals surface area contributed by atoms with E-state index in [1.54, 1.807) is 48.5 Å². The van der Waals surface area contributed by atoms with Crippen molar-refractivity contribution in [2.75, 3.05) is 0 Å². The number of nitrogens with zero attached hydrogens (tertiary/aromatic N) is 4. The van der Waals surface area contributed by atoms with Crippen molar-refractivity contribution in [3.8, 4) is 45.8 Å². The van der Waals surface area contributed by atoms with Gasteiger partial charge in [-0.25, -0.2) is 0 Å². The van der Waals surface area contributed by atoms with Crippen LogP contribution in [0, 0.1) is 22.7 Å². The van der Waals surface area contributed by atoms with Crippen LogP contribution >= 0.6 is 0 Å². The Labute approximate surface area is 397 Å². The van der Waals surface area contributed by atoms with Gasteiger partial charge in [0.1, 0.15) is 0 Å². The third kappa shape index (κ3) is 7.63. The average Bonchev–Trinajstić information content (AvgIpc) is 3.78. The SMILES string of the molecule is CC(C)(C)c1ccc2c(c1)c1cc(C(C)(C)C)ccc1n2-c1cc(-n2c3ccc(C(C)(C)C)cc3c3cc(C(C)(C)C)ccc32)c(-c2ccccc2C#N)c(C(F)(F)F)c1-c1ccccc1C#N. The average molecular weight is 903 g/mol. The van der Waals surface area contributed by atoms with Crippen molar-refractivity contribution in [1.29, 1.82) is 10.5 Å². The van der Waals surface area contributed by atoms with E-state index in [4.69, 9.17) is 0 Å². The van der Waals surface area contributed by atoms with Gasteiger partial charge in [-0.1, -0.05) is 144 Å².